The highest BCUT2D eigenvalue weighted by atomic mass is 35.5. The van der Waals surface area contributed by atoms with E-state index >= 15 is 0 Å². The number of pyridine rings is 1. The first-order valence-electron chi connectivity index (χ1n) is 6.73. The van der Waals surface area contributed by atoms with Gasteiger partial charge in [0.2, 0.25) is 0 Å². The fourth-order valence-corrected chi connectivity index (χ4v) is 2.54. The number of esters is 1. The van der Waals surface area contributed by atoms with Gasteiger partial charge in [-0.3, -0.25) is 4.79 Å². The van der Waals surface area contributed by atoms with E-state index in [2.05, 4.69) is 10.3 Å². The van der Waals surface area contributed by atoms with Crippen LogP contribution in [0.1, 0.15) is 15.9 Å². The number of nitrogens with one attached hydrogen (secondary N) is 1. The third-order valence-corrected chi connectivity index (χ3v) is 3.94. The maximum absolute atomic E-state index is 12.0. The van der Waals surface area contributed by atoms with Gasteiger partial charge >= 0.3 is 5.97 Å². The molecular weight excluding hydrogens is 336 g/mol. The summed E-state index contributed by atoms with van der Waals surface area (Å²) in [6.45, 7) is 1.46. The normalized spacial score (nSPS) is 10.2. The highest BCUT2D eigenvalue weighted by Crippen LogP contribution is 2.20. The van der Waals surface area contributed by atoms with Crippen LogP contribution in [-0.4, -0.2) is 29.7 Å². The molecule has 7 heteroatoms. The predicted octanol–water partition coefficient (Wildman–Crippen LogP) is 3.56. The van der Waals surface area contributed by atoms with Gasteiger partial charge in [0, 0.05) is 16.9 Å². The minimum absolute atomic E-state index is 0.340. The molecule has 0 bridgehead atoms. The van der Waals surface area contributed by atoms with Crippen LogP contribution in [0.15, 0.2) is 41.6 Å². The van der Waals surface area contributed by atoms with Crippen molar-refractivity contribution in [3.05, 3.63) is 52.7 Å². The molecule has 1 aromatic carbocycles. The van der Waals surface area contributed by atoms with Crippen molar-refractivity contribution in [3.8, 4) is 0 Å². The molecule has 2 aromatic rings. The molecule has 0 atom stereocenters. The van der Waals surface area contributed by atoms with Crippen molar-refractivity contribution >= 4 is 40.9 Å². The van der Waals surface area contributed by atoms with E-state index < -0.39 is 11.9 Å². The Bertz CT molecular complexity index is 737. The number of carbonyl (C=O) groups excluding carboxylic acids is 2. The van der Waals surface area contributed by atoms with Gasteiger partial charge in [-0.1, -0.05) is 17.7 Å². The third-order valence-electron chi connectivity index (χ3n) is 2.99. The average molecular weight is 351 g/mol. The number of rotatable bonds is 5. The molecule has 0 aliphatic carbocycles. The summed E-state index contributed by atoms with van der Waals surface area (Å²) >= 11 is 7.23. The fraction of sp³-hybridized carbons (Fsp3) is 0.188. The van der Waals surface area contributed by atoms with Crippen LogP contribution in [0.4, 0.5) is 5.69 Å². The highest BCUT2D eigenvalue weighted by Gasteiger charge is 2.15. The lowest BCUT2D eigenvalue weighted by Crippen LogP contribution is -2.21. The summed E-state index contributed by atoms with van der Waals surface area (Å²) in [6, 6.07) is 8.43. The van der Waals surface area contributed by atoms with E-state index in [9.17, 15) is 9.59 Å². The number of aryl methyl sites for hydroxylation is 1. The molecule has 0 unspecified atom stereocenters. The first kappa shape index (κ1) is 17.3. The second kappa shape index (κ2) is 7.99. The molecule has 0 fully saturated rings. The van der Waals surface area contributed by atoms with E-state index in [0.717, 1.165) is 5.56 Å². The molecule has 23 heavy (non-hydrogen) atoms. The Hall–Kier alpha value is -2.05. The second-order valence-corrected chi connectivity index (χ2v) is 5.88. The standard InChI is InChI=1S/C16H15ClN2O3S/c1-10-5-6-11(17)8-13(10)19-14(20)9-22-16(21)12-4-3-7-18-15(12)23-2/h3-8H,9H2,1-2H3,(H,19,20). The summed E-state index contributed by atoms with van der Waals surface area (Å²) in [5.74, 6) is -1.02. The summed E-state index contributed by atoms with van der Waals surface area (Å²) < 4.78 is 5.04. The van der Waals surface area contributed by atoms with E-state index in [1.807, 2.05) is 13.2 Å². The number of anilines is 1. The maximum Gasteiger partial charge on any atom is 0.341 e. The molecule has 1 N–H and O–H groups in total. The summed E-state index contributed by atoms with van der Waals surface area (Å²) in [4.78, 5) is 28.0. The Balaban J connectivity index is 1.96. The van der Waals surface area contributed by atoms with Crippen LogP contribution in [0, 0.1) is 6.92 Å². The monoisotopic (exact) mass is 350 g/mol. The molecule has 1 heterocycles. The van der Waals surface area contributed by atoms with Crippen molar-refractivity contribution in [1.29, 1.82) is 0 Å². The molecular formula is C16H15ClN2O3S. The van der Waals surface area contributed by atoms with E-state index in [1.165, 1.54) is 11.8 Å². The number of hydrogen-bond donors (Lipinski definition) is 1. The van der Waals surface area contributed by atoms with Crippen molar-refractivity contribution in [3.63, 3.8) is 0 Å². The minimum atomic E-state index is -0.583. The Morgan fingerprint density at radius 1 is 1.35 bits per heavy atom. The number of nitrogens with zero attached hydrogens (tertiary/aromatic N) is 1. The largest absolute Gasteiger partial charge is 0.452 e. The lowest BCUT2D eigenvalue weighted by Gasteiger charge is -2.10. The van der Waals surface area contributed by atoms with Crippen molar-refractivity contribution in [2.24, 2.45) is 0 Å². The van der Waals surface area contributed by atoms with Gasteiger partial charge in [-0.2, -0.15) is 0 Å². The molecule has 0 saturated heterocycles. The number of aromatic nitrogens is 1. The number of ether oxygens (including phenoxy) is 1. The minimum Gasteiger partial charge on any atom is -0.452 e. The van der Waals surface area contributed by atoms with Crippen molar-refractivity contribution in [2.45, 2.75) is 11.9 Å². The Morgan fingerprint density at radius 2 is 2.13 bits per heavy atom. The number of halogens is 1. The van der Waals surface area contributed by atoms with Crippen LogP contribution >= 0.6 is 23.4 Å². The second-order valence-electron chi connectivity index (χ2n) is 4.64. The molecule has 5 nitrogen and oxygen atoms in total. The molecule has 1 aromatic heterocycles. The van der Waals surface area contributed by atoms with Crippen LogP contribution in [0.3, 0.4) is 0 Å². The quantitative estimate of drug-likeness (QED) is 0.659. The topological polar surface area (TPSA) is 68.3 Å². The number of thioether (sulfide) groups is 1. The van der Waals surface area contributed by atoms with Gasteiger partial charge in [0.15, 0.2) is 6.61 Å². The van der Waals surface area contributed by atoms with Gasteiger partial charge in [0.1, 0.15) is 5.03 Å². The van der Waals surface area contributed by atoms with Crippen molar-refractivity contribution < 1.29 is 14.3 Å². The zero-order valence-electron chi connectivity index (χ0n) is 12.6. The molecule has 1 amide bonds. The molecule has 0 radical (unpaired) electrons. The van der Waals surface area contributed by atoms with Crippen LogP contribution in [0.5, 0.6) is 0 Å². The van der Waals surface area contributed by atoms with Crippen LogP contribution in [-0.2, 0) is 9.53 Å². The smallest absolute Gasteiger partial charge is 0.341 e. The Kier molecular flexibility index (Phi) is 6.01. The first-order valence-corrected chi connectivity index (χ1v) is 8.33. The van der Waals surface area contributed by atoms with Crippen LogP contribution < -0.4 is 5.32 Å². The Labute approximate surface area is 143 Å². The lowest BCUT2D eigenvalue weighted by atomic mass is 10.2. The average Bonchev–Trinajstić information content (AvgIpc) is 2.56. The summed E-state index contributed by atoms with van der Waals surface area (Å²) in [7, 11) is 0. The number of amides is 1. The van der Waals surface area contributed by atoms with Crippen molar-refractivity contribution in [2.75, 3.05) is 18.2 Å². The number of benzene rings is 1. The Morgan fingerprint density at radius 3 is 2.87 bits per heavy atom. The SMILES string of the molecule is CSc1ncccc1C(=O)OCC(=O)Nc1cc(Cl)ccc1C. The fourth-order valence-electron chi connectivity index (χ4n) is 1.83. The zero-order valence-corrected chi connectivity index (χ0v) is 14.2. The van der Waals surface area contributed by atoms with E-state index in [-0.39, 0.29) is 6.61 Å². The molecule has 0 aliphatic rings. The molecule has 0 aliphatic heterocycles. The van der Waals surface area contributed by atoms with Crippen molar-refractivity contribution in [1.82, 2.24) is 4.98 Å². The number of carbonyl (C=O) groups is 2. The summed E-state index contributed by atoms with van der Waals surface area (Å²) in [5, 5.41) is 3.74. The van der Waals surface area contributed by atoms with Crippen LogP contribution in [0.25, 0.3) is 0 Å². The van der Waals surface area contributed by atoms with E-state index in [1.54, 1.807) is 36.5 Å². The van der Waals surface area contributed by atoms with Gasteiger partial charge in [-0.15, -0.1) is 11.8 Å². The van der Waals surface area contributed by atoms with Gasteiger partial charge in [-0.05, 0) is 43.0 Å². The summed E-state index contributed by atoms with van der Waals surface area (Å²) in [5.41, 5.74) is 1.79. The lowest BCUT2D eigenvalue weighted by molar-refractivity contribution is -0.119. The molecule has 2 rings (SSSR count). The maximum atomic E-state index is 12.0. The third kappa shape index (κ3) is 4.71. The van der Waals surface area contributed by atoms with E-state index in [0.29, 0.717) is 21.3 Å². The highest BCUT2D eigenvalue weighted by molar-refractivity contribution is 7.98. The first-order chi connectivity index (χ1) is 11.0. The van der Waals surface area contributed by atoms with Gasteiger partial charge in [-0.25, -0.2) is 9.78 Å². The van der Waals surface area contributed by atoms with E-state index in [4.69, 9.17) is 16.3 Å². The van der Waals surface area contributed by atoms with Crippen LogP contribution in [0.2, 0.25) is 5.02 Å². The van der Waals surface area contributed by atoms with Gasteiger partial charge < -0.3 is 10.1 Å². The summed E-state index contributed by atoms with van der Waals surface area (Å²) in [6.07, 6.45) is 3.41. The predicted molar refractivity (Wildman–Crippen MR) is 91.1 cm³/mol. The van der Waals surface area contributed by atoms with Gasteiger partial charge in [0.25, 0.3) is 5.91 Å². The van der Waals surface area contributed by atoms with Gasteiger partial charge in [0.05, 0.1) is 5.56 Å². The molecule has 0 spiro atoms. The number of hydrogen-bond acceptors (Lipinski definition) is 5. The zero-order chi connectivity index (χ0) is 16.8. The molecule has 120 valence electrons. The molecule has 0 saturated carbocycles.